The first-order chi connectivity index (χ1) is 5.83. The molecule has 3 heteroatoms. The summed E-state index contributed by atoms with van der Waals surface area (Å²) in [6.45, 7) is -0.175. The summed E-state index contributed by atoms with van der Waals surface area (Å²) >= 11 is 1.52. The summed E-state index contributed by atoms with van der Waals surface area (Å²) in [4.78, 5) is 1.08. The molecule has 65 valence electrons. The molecule has 0 amide bonds. The van der Waals surface area contributed by atoms with Crippen molar-refractivity contribution in [3.8, 4) is 0 Å². The molecule has 0 aliphatic heterocycles. The van der Waals surface area contributed by atoms with Crippen LogP contribution in [-0.4, -0.2) is 28.7 Å². The minimum absolute atomic E-state index is 0.175. The predicted octanol–water partition coefficient (Wildman–Crippen LogP) is 0.932. The molecule has 0 fully saturated rings. The molecule has 0 saturated heterocycles. The van der Waals surface area contributed by atoms with Gasteiger partial charge in [-0.15, -0.1) is 11.8 Å². The number of aliphatic hydroxyl groups excluding tert-OH is 2. The Bertz CT molecular complexity index is 213. The molecule has 2 nitrogen and oxygen atoms in total. The molecular weight excluding hydrogens is 172 g/mol. The Hall–Kier alpha value is -0.510. The van der Waals surface area contributed by atoms with Crippen molar-refractivity contribution in [2.45, 2.75) is 11.0 Å². The van der Waals surface area contributed by atoms with E-state index in [1.54, 1.807) is 0 Å². The van der Waals surface area contributed by atoms with Crippen LogP contribution in [0.15, 0.2) is 29.2 Å². The predicted molar refractivity (Wildman–Crippen MR) is 49.1 cm³/mol. The average molecular weight is 183 g/mol. The second-order valence-corrected chi connectivity index (χ2v) is 3.48. The van der Waals surface area contributed by atoms with Crippen LogP contribution in [0.25, 0.3) is 0 Å². The van der Waals surface area contributed by atoms with Crippen LogP contribution in [0, 0.1) is 6.07 Å². The molecule has 0 saturated carbocycles. The number of aliphatic hydroxyl groups is 2. The van der Waals surface area contributed by atoms with E-state index in [0.29, 0.717) is 5.75 Å². The van der Waals surface area contributed by atoms with Gasteiger partial charge in [-0.25, -0.2) is 0 Å². The van der Waals surface area contributed by atoms with E-state index in [1.165, 1.54) is 11.8 Å². The topological polar surface area (TPSA) is 40.5 Å². The van der Waals surface area contributed by atoms with E-state index < -0.39 is 6.10 Å². The summed E-state index contributed by atoms with van der Waals surface area (Å²) in [5.41, 5.74) is 0. The first kappa shape index (κ1) is 9.58. The minimum atomic E-state index is -0.626. The maximum atomic E-state index is 9.04. The Morgan fingerprint density at radius 3 is 2.67 bits per heavy atom. The highest BCUT2D eigenvalue weighted by Crippen LogP contribution is 2.17. The first-order valence-corrected chi connectivity index (χ1v) is 4.69. The zero-order valence-corrected chi connectivity index (χ0v) is 7.42. The van der Waals surface area contributed by atoms with Gasteiger partial charge in [0.25, 0.3) is 0 Å². The van der Waals surface area contributed by atoms with Crippen LogP contribution in [0.3, 0.4) is 0 Å². The third-order valence-electron chi connectivity index (χ3n) is 1.34. The number of hydrogen-bond acceptors (Lipinski definition) is 3. The molecule has 0 heterocycles. The maximum Gasteiger partial charge on any atom is 0.0864 e. The van der Waals surface area contributed by atoms with E-state index in [4.69, 9.17) is 10.2 Å². The summed E-state index contributed by atoms with van der Waals surface area (Å²) in [5, 5.41) is 17.6. The van der Waals surface area contributed by atoms with Crippen LogP contribution in [0.5, 0.6) is 0 Å². The maximum absolute atomic E-state index is 9.04. The number of hydrogen-bond donors (Lipinski definition) is 2. The highest BCUT2D eigenvalue weighted by Gasteiger charge is 2.01. The van der Waals surface area contributed by atoms with Crippen molar-refractivity contribution in [3.05, 3.63) is 30.3 Å². The summed E-state index contributed by atoms with van der Waals surface area (Å²) in [6.07, 6.45) is -0.626. The lowest BCUT2D eigenvalue weighted by atomic mass is 10.4. The summed E-state index contributed by atoms with van der Waals surface area (Å²) in [6, 6.07) is 10.4. The fourth-order valence-corrected chi connectivity index (χ4v) is 1.53. The lowest BCUT2D eigenvalue weighted by Crippen LogP contribution is -2.14. The third-order valence-corrected chi connectivity index (χ3v) is 2.50. The molecule has 1 unspecified atom stereocenters. The highest BCUT2D eigenvalue weighted by atomic mass is 32.2. The molecule has 1 radical (unpaired) electrons. The van der Waals surface area contributed by atoms with Gasteiger partial charge in [0.05, 0.1) is 12.7 Å². The lowest BCUT2D eigenvalue weighted by Gasteiger charge is -2.05. The third kappa shape index (κ3) is 3.26. The lowest BCUT2D eigenvalue weighted by molar-refractivity contribution is 0.113. The van der Waals surface area contributed by atoms with Crippen LogP contribution < -0.4 is 0 Å². The Morgan fingerprint density at radius 2 is 2.08 bits per heavy atom. The fraction of sp³-hybridized carbons (Fsp3) is 0.333. The second-order valence-electron chi connectivity index (χ2n) is 2.38. The summed E-state index contributed by atoms with van der Waals surface area (Å²) in [7, 11) is 0. The molecule has 0 aliphatic carbocycles. The zero-order chi connectivity index (χ0) is 8.81. The Balaban J connectivity index is 2.33. The minimum Gasteiger partial charge on any atom is -0.394 e. The van der Waals surface area contributed by atoms with Gasteiger partial charge in [0.1, 0.15) is 0 Å². The van der Waals surface area contributed by atoms with Gasteiger partial charge in [0.2, 0.25) is 0 Å². The van der Waals surface area contributed by atoms with Crippen molar-refractivity contribution < 1.29 is 10.2 Å². The van der Waals surface area contributed by atoms with E-state index in [1.807, 2.05) is 24.3 Å². The van der Waals surface area contributed by atoms with Crippen LogP contribution in [0.4, 0.5) is 0 Å². The van der Waals surface area contributed by atoms with Crippen molar-refractivity contribution in [1.82, 2.24) is 0 Å². The molecule has 1 aromatic rings. The van der Waals surface area contributed by atoms with Crippen molar-refractivity contribution in [3.63, 3.8) is 0 Å². The monoisotopic (exact) mass is 183 g/mol. The molecule has 0 bridgehead atoms. The number of thioether (sulfide) groups is 1. The number of rotatable bonds is 4. The van der Waals surface area contributed by atoms with Gasteiger partial charge in [-0.3, -0.25) is 0 Å². The van der Waals surface area contributed by atoms with Crippen molar-refractivity contribution in [2.24, 2.45) is 0 Å². The fourth-order valence-electron chi connectivity index (χ4n) is 0.713. The quantitative estimate of drug-likeness (QED) is 0.682. The summed E-state index contributed by atoms with van der Waals surface area (Å²) in [5.74, 6) is 0.528. The summed E-state index contributed by atoms with van der Waals surface area (Å²) < 4.78 is 0. The molecule has 2 N–H and O–H groups in total. The van der Waals surface area contributed by atoms with Gasteiger partial charge in [-0.1, -0.05) is 12.1 Å². The van der Waals surface area contributed by atoms with Crippen molar-refractivity contribution in [1.29, 1.82) is 0 Å². The molecule has 0 aromatic heterocycles. The normalized spacial score (nSPS) is 12.8. The van der Waals surface area contributed by atoms with Crippen LogP contribution in [0.2, 0.25) is 0 Å². The Labute approximate surface area is 76.2 Å². The Morgan fingerprint density at radius 1 is 1.42 bits per heavy atom. The second kappa shape index (κ2) is 5.19. The molecule has 1 atom stereocenters. The molecule has 0 aliphatic rings. The zero-order valence-electron chi connectivity index (χ0n) is 6.60. The van der Waals surface area contributed by atoms with Gasteiger partial charge in [-0.05, 0) is 18.2 Å². The van der Waals surface area contributed by atoms with Crippen LogP contribution >= 0.6 is 11.8 Å². The van der Waals surface area contributed by atoms with Gasteiger partial charge in [-0.2, -0.15) is 0 Å². The molecule has 12 heavy (non-hydrogen) atoms. The van der Waals surface area contributed by atoms with E-state index in [-0.39, 0.29) is 6.61 Å². The largest absolute Gasteiger partial charge is 0.394 e. The van der Waals surface area contributed by atoms with Crippen molar-refractivity contribution >= 4 is 11.8 Å². The standard InChI is InChI=1S/C9H11O2S/c10-6-8(11)7-12-9-4-2-1-3-5-9/h2-5,8,10-11H,6-7H2. The highest BCUT2D eigenvalue weighted by molar-refractivity contribution is 7.99. The van der Waals surface area contributed by atoms with Gasteiger partial charge in [0.15, 0.2) is 0 Å². The van der Waals surface area contributed by atoms with Crippen molar-refractivity contribution in [2.75, 3.05) is 12.4 Å². The van der Waals surface area contributed by atoms with Gasteiger partial charge in [0, 0.05) is 10.6 Å². The number of benzene rings is 1. The molecule has 1 aromatic carbocycles. The van der Waals surface area contributed by atoms with Gasteiger partial charge < -0.3 is 10.2 Å². The first-order valence-electron chi connectivity index (χ1n) is 3.71. The SMILES string of the molecule is OCC(O)CSc1cc[c]cc1. The molecule has 0 spiro atoms. The van der Waals surface area contributed by atoms with Crippen LogP contribution in [-0.2, 0) is 0 Å². The Kier molecular flexibility index (Phi) is 4.14. The van der Waals surface area contributed by atoms with Gasteiger partial charge >= 0.3 is 0 Å². The van der Waals surface area contributed by atoms with E-state index in [2.05, 4.69) is 6.07 Å². The van der Waals surface area contributed by atoms with E-state index in [0.717, 1.165) is 4.90 Å². The average Bonchev–Trinajstić information content (AvgIpc) is 2.16. The van der Waals surface area contributed by atoms with Crippen LogP contribution in [0.1, 0.15) is 0 Å². The smallest absolute Gasteiger partial charge is 0.0864 e. The molecular formula is C9H11O2S. The molecule has 1 rings (SSSR count). The van der Waals surface area contributed by atoms with E-state index in [9.17, 15) is 0 Å². The van der Waals surface area contributed by atoms with E-state index >= 15 is 0 Å².